The largest absolute Gasteiger partial charge is 0.493 e. The summed E-state index contributed by atoms with van der Waals surface area (Å²) in [6, 6.07) is 11.1. The third-order valence-corrected chi connectivity index (χ3v) is 7.45. The van der Waals surface area contributed by atoms with Crippen LogP contribution in [0.3, 0.4) is 0 Å². The summed E-state index contributed by atoms with van der Waals surface area (Å²) in [5.74, 6) is -0.155. The third kappa shape index (κ3) is 2.85. The number of ether oxygens (including phenoxy) is 2. The molecule has 1 saturated heterocycles. The molecule has 2 aliphatic rings. The number of carbonyl (C=O) groups excluding carboxylic acids is 1. The normalized spacial score (nSPS) is 26.6. The predicted molar refractivity (Wildman–Crippen MR) is 100.0 cm³/mol. The lowest BCUT2D eigenvalue weighted by atomic mass is 9.81. The van der Waals surface area contributed by atoms with Crippen LogP contribution >= 0.6 is 11.6 Å². The minimum absolute atomic E-state index is 0.0617. The molecular formula is C19H18ClNO5S. The van der Waals surface area contributed by atoms with E-state index in [0.29, 0.717) is 28.5 Å². The second kappa shape index (κ2) is 6.14. The van der Waals surface area contributed by atoms with E-state index in [-0.39, 0.29) is 4.90 Å². The van der Waals surface area contributed by atoms with E-state index in [4.69, 9.17) is 21.1 Å². The van der Waals surface area contributed by atoms with Crippen LogP contribution in [-0.4, -0.2) is 32.4 Å². The van der Waals surface area contributed by atoms with Crippen molar-refractivity contribution in [1.82, 2.24) is 5.32 Å². The van der Waals surface area contributed by atoms with Gasteiger partial charge in [-0.05, 0) is 37.3 Å². The first-order valence-corrected chi connectivity index (χ1v) is 10.3. The van der Waals surface area contributed by atoms with E-state index in [1.165, 1.54) is 31.4 Å². The Balaban J connectivity index is 1.87. The van der Waals surface area contributed by atoms with Crippen LogP contribution in [0.4, 0.5) is 0 Å². The lowest BCUT2D eigenvalue weighted by molar-refractivity contribution is -0.132. The topological polar surface area (TPSA) is 81.7 Å². The second-order valence-electron chi connectivity index (χ2n) is 6.93. The van der Waals surface area contributed by atoms with Crippen molar-refractivity contribution in [2.45, 2.75) is 35.1 Å². The number of nitrogens with one attached hydrogen (secondary N) is 1. The zero-order valence-corrected chi connectivity index (χ0v) is 16.3. The van der Waals surface area contributed by atoms with E-state index in [9.17, 15) is 13.2 Å². The molecule has 0 aromatic heterocycles. The minimum Gasteiger partial charge on any atom is -0.493 e. The molecule has 0 spiro atoms. The lowest BCUT2D eigenvalue weighted by Crippen LogP contribution is -2.63. The van der Waals surface area contributed by atoms with Crippen LogP contribution < -0.4 is 14.8 Å². The van der Waals surface area contributed by atoms with Gasteiger partial charge < -0.3 is 14.8 Å². The Labute approximate surface area is 162 Å². The number of amides is 1. The molecule has 6 nitrogen and oxygen atoms in total. The number of benzene rings is 2. The van der Waals surface area contributed by atoms with Crippen molar-refractivity contribution in [2.75, 3.05) is 7.11 Å². The van der Waals surface area contributed by atoms with E-state index in [1.54, 1.807) is 25.1 Å². The molecule has 2 heterocycles. The zero-order valence-electron chi connectivity index (χ0n) is 14.7. The van der Waals surface area contributed by atoms with Crippen molar-refractivity contribution < 1.29 is 22.7 Å². The molecule has 0 unspecified atom stereocenters. The molecule has 2 aromatic carbocycles. The van der Waals surface area contributed by atoms with Gasteiger partial charge in [0.2, 0.25) is 5.91 Å². The minimum atomic E-state index is -3.93. The van der Waals surface area contributed by atoms with Crippen LogP contribution in [-0.2, 0) is 14.6 Å². The molecule has 2 aliphatic heterocycles. The number of rotatable bonds is 3. The Hall–Kier alpha value is -2.25. The van der Waals surface area contributed by atoms with E-state index >= 15 is 0 Å². The van der Waals surface area contributed by atoms with Crippen molar-refractivity contribution >= 4 is 27.3 Å². The number of carbonyl (C=O) groups is 1. The maximum absolute atomic E-state index is 13.3. The quantitative estimate of drug-likeness (QED) is 0.846. The van der Waals surface area contributed by atoms with E-state index < -0.39 is 32.6 Å². The van der Waals surface area contributed by atoms with Gasteiger partial charge in [-0.25, -0.2) is 8.42 Å². The van der Waals surface area contributed by atoms with E-state index in [2.05, 4.69) is 5.32 Å². The van der Waals surface area contributed by atoms with Crippen LogP contribution in [0.1, 0.15) is 24.8 Å². The lowest BCUT2D eigenvalue weighted by Gasteiger charge is -2.47. The number of hydrogen-bond acceptors (Lipinski definition) is 5. The highest BCUT2D eigenvalue weighted by molar-refractivity contribution is 7.92. The first-order chi connectivity index (χ1) is 12.7. The maximum Gasteiger partial charge on any atom is 0.242 e. The monoisotopic (exact) mass is 407 g/mol. The number of methoxy groups -OCH3 is 1. The van der Waals surface area contributed by atoms with Crippen molar-refractivity contribution in [3.8, 4) is 11.5 Å². The Morgan fingerprint density at radius 3 is 2.59 bits per heavy atom. The zero-order chi connectivity index (χ0) is 19.4. The molecule has 0 saturated carbocycles. The van der Waals surface area contributed by atoms with Crippen molar-refractivity contribution in [2.24, 2.45) is 0 Å². The van der Waals surface area contributed by atoms with Gasteiger partial charge in [0.05, 0.1) is 12.0 Å². The molecular weight excluding hydrogens is 390 g/mol. The predicted octanol–water partition coefficient (Wildman–Crippen LogP) is 2.90. The number of hydrogen-bond donors (Lipinski definition) is 1. The second-order valence-corrected chi connectivity index (χ2v) is 9.44. The molecule has 0 radical (unpaired) electrons. The Morgan fingerprint density at radius 2 is 1.93 bits per heavy atom. The Kier molecular flexibility index (Phi) is 4.12. The third-order valence-electron chi connectivity index (χ3n) is 5.05. The summed E-state index contributed by atoms with van der Waals surface area (Å²) in [6.45, 7) is 1.73. The molecule has 0 aliphatic carbocycles. The summed E-state index contributed by atoms with van der Waals surface area (Å²) in [6.07, 6.45) is 0.344. The molecule has 8 heteroatoms. The van der Waals surface area contributed by atoms with Crippen molar-refractivity contribution in [3.63, 3.8) is 0 Å². The SMILES string of the molecule is COc1cccc2c1O[C@]1(C)C[C@H]2[C@H](S(=O)(=O)c2ccc(Cl)cc2)C(=O)N1. The highest BCUT2D eigenvalue weighted by Gasteiger charge is 2.54. The van der Waals surface area contributed by atoms with Gasteiger partial charge in [-0.2, -0.15) is 0 Å². The standard InChI is InChI=1S/C19H18ClNO5S/c1-19-10-14(13-4-3-5-15(25-2)16(13)26-19)17(18(22)21-19)27(23,24)12-8-6-11(20)7-9-12/h3-9,14,17H,10H2,1-2H3,(H,21,22)/t14-,17+,19-/m1/s1. The van der Waals surface area contributed by atoms with Crippen LogP contribution in [0.15, 0.2) is 47.4 Å². The summed E-state index contributed by atoms with van der Waals surface area (Å²) >= 11 is 5.87. The summed E-state index contributed by atoms with van der Waals surface area (Å²) in [5.41, 5.74) is -0.334. The van der Waals surface area contributed by atoms with Gasteiger partial charge in [0, 0.05) is 22.9 Å². The molecule has 3 atom stereocenters. The molecule has 2 aromatic rings. The highest BCUT2D eigenvalue weighted by atomic mass is 35.5. The van der Waals surface area contributed by atoms with Crippen LogP contribution in [0.5, 0.6) is 11.5 Å². The van der Waals surface area contributed by atoms with E-state index in [1.807, 2.05) is 0 Å². The van der Waals surface area contributed by atoms with Gasteiger partial charge in [-0.3, -0.25) is 4.79 Å². The summed E-state index contributed by atoms with van der Waals surface area (Å²) in [4.78, 5) is 12.9. The average molecular weight is 408 g/mol. The highest BCUT2D eigenvalue weighted by Crippen LogP contribution is 2.50. The van der Waals surface area contributed by atoms with Gasteiger partial charge in [-0.1, -0.05) is 23.7 Å². The van der Waals surface area contributed by atoms with Gasteiger partial charge in [-0.15, -0.1) is 0 Å². The van der Waals surface area contributed by atoms with Crippen LogP contribution in [0.25, 0.3) is 0 Å². The molecule has 4 rings (SSSR count). The number of piperidine rings is 1. The summed E-state index contributed by atoms with van der Waals surface area (Å²) in [5, 5.41) is 1.90. The first-order valence-electron chi connectivity index (χ1n) is 8.42. The number of sulfone groups is 1. The van der Waals surface area contributed by atoms with Gasteiger partial charge >= 0.3 is 0 Å². The van der Waals surface area contributed by atoms with Crippen molar-refractivity contribution in [1.29, 1.82) is 0 Å². The number of halogens is 1. The Bertz CT molecular complexity index is 1020. The fourth-order valence-corrected chi connectivity index (χ4v) is 5.83. The maximum atomic E-state index is 13.3. The smallest absolute Gasteiger partial charge is 0.242 e. The van der Waals surface area contributed by atoms with Crippen molar-refractivity contribution in [3.05, 3.63) is 53.1 Å². The molecule has 142 valence electrons. The summed E-state index contributed by atoms with van der Waals surface area (Å²) in [7, 11) is -2.41. The fourth-order valence-electron chi connectivity index (χ4n) is 3.88. The summed E-state index contributed by atoms with van der Waals surface area (Å²) < 4.78 is 38.0. The Morgan fingerprint density at radius 1 is 1.22 bits per heavy atom. The van der Waals surface area contributed by atoms with Crippen LogP contribution in [0.2, 0.25) is 5.02 Å². The van der Waals surface area contributed by atoms with Gasteiger partial charge in [0.15, 0.2) is 32.3 Å². The molecule has 1 amide bonds. The fraction of sp³-hybridized carbons (Fsp3) is 0.316. The first kappa shape index (κ1) is 18.1. The molecule has 2 bridgehead atoms. The molecule has 27 heavy (non-hydrogen) atoms. The molecule has 1 fully saturated rings. The average Bonchev–Trinajstić information content (AvgIpc) is 2.60. The van der Waals surface area contributed by atoms with Crippen LogP contribution in [0, 0.1) is 0 Å². The molecule has 1 N–H and O–H groups in total. The number of fused-ring (bicyclic) bond motifs is 4. The number of para-hydroxylation sites is 1. The van der Waals surface area contributed by atoms with Gasteiger partial charge in [0.25, 0.3) is 0 Å². The van der Waals surface area contributed by atoms with E-state index in [0.717, 1.165) is 0 Å². The van der Waals surface area contributed by atoms with Gasteiger partial charge in [0.1, 0.15) is 0 Å².